The lowest BCUT2D eigenvalue weighted by Gasteiger charge is -2.42. The Morgan fingerprint density at radius 1 is 1.00 bits per heavy atom. The fourth-order valence-electron chi connectivity index (χ4n) is 0.828. The topological polar surface area (TPSA) is 24.7 Å². The van der Waals surface area contributed by atoms with E-state index in [2.05, 4.69) is 9.98 Å². The van der Waals surface area contributed by atoms with Gasteiger partial charge in [-0.25, -0.2) is 4.99 Å². The van der Waals surface area contributed by atoms with E-state index in [4.69, 9.17) is 69.6 Å². The van der Waals surface area contributed by atoms with Gasteiger partial charge in [0, 0.05) is 0 Å². The van der Waals surface area contributed by atoms with E-state index in [9.17, 15) is 0 Å². The molecule has 14 heavy (non-hydrogen) atoms. The van der Waals surface area contributed by atoms with Crippen molar-refractivity contribution in [3.8, 4) is 0 Å². The summed E-state index contributed by atoms with van der Waals surface area (Å²) in [5.74, 6) is 0. The number of hydrogen-bond acceptors (Lipinski definition) is 2. The predicted molar refractivity (Wildman–Crippen MR) is 62.7 cm³/mol. The van der Waals surface area contributed by atoms with Crippen LogP contribution in [-0.2, 0) is 0 Å². The van der Waals surface area contributed by atoms with Crippen molar-refractivity contribution >= 4 is 82.3 Å². The van der Waals surface area contributed by atoms with Crippen LogP contribution in [0.1, 0.15) is 0 Å². The molecule has 0 saturated heterocycles. The number of alkyl halides is 6. The number of hydrogen-bond donors (Lipinski definition) is 0. The molecule has 1 aliphatic heterocycles. The molecule has 0 saturated carbocycles. The first kappa shape index (κ1) is 13.1. The van der Waals surface area contributed by atoms with Gasteiger partial charge in [-0.15, -0.1) is 0 Å². The minimum absolute atomic E-state index is 0.00347. The third kappa shape index (κ3) is 2.24. The van der Waals surface area contributed by atoms with Crippen molar-refractivity contribution < 1.29 is 4.48 Å². The SMILES string of the molecule is ClC(Cl)(Cl)[N+]1(C(Cl)(Cl)Cl)C=NC=NC1. The van der Waals surface area contributed by atoms with Crippen LogP contribution in [-0.4, -0.2) is 31.7 Å². The molecular weight excluding hydrogens is 315 g/mol. The quantitative estimate of drug-likeness (QED) is 0.371. The summed E-state index contributed by atoms with van der Waals surface area (Å²) in [6.45, 7) is -0.00347. The third-order valence-corrected chi connectivity index (χ3v) is 3.43. The predicted octanol–water partition coefficient (Wildman–Crippen LogP) is 3.49. The minimum Gasteiger partial charge on any atom is -0.217 e. The Hall–Kier alpha value is 1.04. The first-order valence-corrected chi connectivity index (χ1v) is 5.51. The second-order valence-electron chi connectivity index (χ2n) is 2.51. The normalized spacial score (nSPS) is 21.3. The summed E-state index contributed by atoms with van der Waals surface area (Å²) in [6, 6.07) is 0. The van der Waals surface area contributed by atoms with E-state index in [1.54, 1.807) is 0 Å². The molecule has 0 amide bonds. The molecule has 0 radical (unpaired) electrons. The van der Waals surface area contributed by atoms with Crippen LogP contribution >= 0.6 is 69.6 Å². The first-order chi connectivity index (χ1) is 6.21. The Balaban J connectivity index is 3.18. The van der Waals surface area contributed by atoms with Gasteiger partial charge in [0.25, 0.3) is 0 Å². The molecule has 80 valence electrons. The lowest BCUT2D eigenvalue weighted by Crippen LogP contribution is -2.63. The lowest BCUT2D eigenvalue weighted by atomic mass is 10.6. The molecule has 0 fully saturated rings. The largest absolute Gasteiger partial charge is 0.340 e. The number of aliphatic imine (C=N–C) groups is 2. The Labute approximate surface area is 111 Å². The molecule has 3 nitrogen and oxygen atoms in total. The summed E-state index contributed by atoms with van der Waals surface area (Å²) >= 11 is 34.4. The second kappa shape index (κ2) is 4.13. The van der Waals surface area contributed by atoms with Gasteiger partial charge in [-0.3, -0.25) is 0 Å². The summed E-state index contributed by atoms with van der Waals surface area (Å²) < 4.78 is -4.31. The van der Waals surface area contributed by atoms with Gasteiger partial charge >= 0.3 is 7.83 Å². The van der Waals surface area contributed by atoms with Crippen molar-refractivity contribution in [3.63, 3.8) is 0 Å². The number of rotatable bonds is 0. The van der Waals surface area contributed by atoms with Gasteiger partial charge in [0.1, 0.15) is 6.34 Å². The van der Waals surface area contributed by atoms with Crippen LogP contribution in [0.3, 0.4) is 0 Å². The van der Waals surface area contributed by atoms with Gasteiger partial charge in [-0.05, 0) is 69.6 Å². The van der Waals surface area contributed by atoms with Crippen LogP contribution in [0.2, 0.25) is 0 Å². The highest BCUT2D eigenvalue weighted by Crippen LogP contribution is 2.49. The Morgan fingerprint density at radius 2 is 1.50 bits per heavy atom. The average molecular weight is 319 g/mol. The van der Waals surface area contributed by atoms with Crippen molar-refractivity contribution in [2.45, 2.75) is 7.83 Å². The van der Waals surface area contributed by atoms with Crippen LogP contribution in [0.15, 0.2) is 9.98 Å². The summed E-state index contributed by atoms with van der Waals surface area (Å²) in [7, 11) is 0. The molecule has 0 spiro atoms. The third-order valence-electron chi connectivity index (χ3n) is 1.62. The Kier molecular flexibility index (Phi) is 3.87. The first-order valence-electron chi connectivity index (χ1n) is 3.25. The van der Waals surface area contributed by atoms with Crippen molar-refractivity contribution in [1.82, 2.24) is 0 Å². The standard InChI is InChI=1S/C5H4Cl6N3/c6-4(7,8)14(5(9,10)11)2-12-1-13-3-14/h1-2H,3H2/q+1. The molecule has 9 heteroatoms. The van der Waals surface area contributed by atoms with Gasteiger partial charge in [-0.1, -0.05) is 0 Å². The molecule has 0 N–H and O–H groups in total. The molecule has 0 atom stereocenters. The monoisotopic (exact) mass is 316 g/mol. The Bertz CT molecular complexity index is 260. The van der Waals surface area contributed by atoms with Gasteiger partial charge in [0.15, 0.2) is 13.0 Å². The number of halogens is 6. The smallest absolute Gasteiger partial charge is 0.217 e. The highest BCUT2D eigenvalue weighted by atomic mass is 35.6. The maximum absolute atomic E-state index is 5.74. The zero-order valence-corrected chi connectivity index (χ0v) is 11.0. The van der Waals surface area contributed by atoms with Gasteiger partial charge in [0.05, 0.1) is 0 Å². The van der Waals surface area contributed by atoms with Gasteiger partial charge in [0.2, 0.25) is 0 Å². The molecule has 0 aromatic carbocycles. The molecular formula is C5H4Cl6N3+. The van der Waals surface area contributed by atoms with E-state index >= 15 is 0 Å². The molecule has 0 aromatic heterocycles. The van der Waals surface area contributed by atoms with E-state index < -0.39 is 12.3 Å². The van der Waals surface area contributed by atoms with E-state index in [0.29, 0.717) is 0 Å². The van der Waals surface area contributed by atoms with E-state index in [1.807, 2.05) is 0 Å². The fraction of sp³-hybridized carbons (Fsp3) is 0.600. The molecule has 1 heterocycles. The Morgan fingerprint density at radius 3 is 1.71 bits per heavy atom. The fourth-order valence-corrected chi connectivity index (χ4v) is 2.56. The molecule has 0 aliphatic carbocycles. The van der Waals surface area contributed by atoms with Crippen LogP contribution in [0.4, 0.5) is 0 Å². The summed E-state index contributed by atoms with van der Waals surface area (Å²) in [5, 5.41) is 0. The highest BCUT2D eigenvalue weighted by molar-refractivity contribution is 6.69. The van der Waals surface area contributed by atoms with Gasteiger partial charge < -0.3 is 0 Å². The lowest BCUT2D eigenvalue weighted by molar-refractivity contribution is -0.855. The van der Waals surface area contributed by atoms with Crippen LogP contribution in [0, 0.1) is 0 Å². The van der Waals surface area contributed by atoms with E-state index in [-0.39, 0.29) is 6.67 Å². The van der Waals surface area contributed by atoms with Crippen molar-refractivity contribution in [1.29, 1.82) is 0 Å². The van der Waals surface area contributed by atoms with E-state index in [1.165, 1.54) is 12.7 Å². The average Bonchev–Trinajstić information content (AvgIpc) is 2.02. The summed E-state index contributed by atoms with van der Waals surface area (Å²) in [4.78, 5) is 7.52. The zero-order valence-electron chi connectivity index (χ0n) is 6.47. The number of quaternary nitrogens is 1. The number of nitrogens with zero attached hydrogens (tertiary/aromatic N) is 3. The maximum atomic E-state index is 5.74. The molecule has 0 unspecified atom stereocenters. The van der Waals surface area contributed by atoms with E-state index in [0.717, 1.165) is 0 Å². The van der Waals surface area contributed by atoms with Crippen molar-refractivity contribution in [3.05, 3.63) is 0 Å². The van der Waals surface area contributed by atoms with Crippen LogP contribution in [0.25, 0.3) is 0 Å². The zero-order chi connectivity index (χ0) is 11.0. The highest BCUT2D eigenvalue weighted by Gasteiger charge is 2.60. The summed E-state index contributed by atoms with van der Waals surface area (Å²) in [6.07, 6.45) is 2.54. The molecule has 1 aliphatic rings. The van der Waals surface area contributed by atoms with Crippen LogP contribution < -0.4 is 0 Å². The van der Waals surface area contributed by atoms with Crippen molar-refractivity contribution in [2.24, 2.45) is 9.98 Å². The minimum atomic E-state index is -1.85. The van der Waals surface area contributed by atoms with Gasteiger partial charge in [-0.2, -0.15) is 9.48 Å². The summed E-state index contributed by atoms with van der Waals surface area (Å²) in [5.41, 5.74) is 0. The van der Waals surface area contributed by atoms with Crippen molar-refractivity contribution in [2.75, 3.05) is 6.67 Å². The molecule has 0 bridgehead atoms. The molecule has 0 aromatic rings. The maximum Gasteiger partial charge on any atom is 0.340 e. The molecule has 1 rings (SSSR count). The van der Waals surface area contributed by atoms with Crippen LogP contribution in [0.5, 0.6) is 0 Å². The second-order valence-corrected chi connectivity index (χ2v) is 6.95.